The standard InChI is InChI=1S/C16H13BrN2OS/c17-13-7-5-12(6-8-13)15(20)18-16(21)19-10-9-11-3-1-2-4-14(11)19/h1-8H,9-10H2,(H,18,20,21). The molecular formula is C16H13BrN2OS. The Balaban J connectivity index is 1.73. The van der Waals surface area contributed by atoms with Gasteiger partial charge in [-0.05, 0) is 54.5 Å². The number of thiocarbonyl (C=S) groups is 1. The lowest BCUT2D eigenvalue weighted by Crippen LogP contribution is -2.41. The quantitative estimate of drug-likeness (QED) is 0.789. The average Bonchev–Trinajstić information content (AvgIpc) is 2.92. The van der Waals surface area contributed by atoms with E-state index in [-0.39, 0.29) is 5.91 Å². The summed E-state index contributed by atoms with van der Waals surface area (Å²) in [6.07, 6.45) is 0.949. The molecule has 0 bridgehead atoms. The van der Waals surface area contributed by atoms with E-state index in [1.807, 2.05) is 35.2 Å². The Morgan fingerprint density at radius 1 is 1.14 bits per heavy atom. The van der Waals surface area contributed by atoms with Crippen molar-refractivity contribution >= 4 is 44.9 Å². The minimum atomic E-state index is -0.183. The third-order valence-corrected chi connectivity index (χ3v) is 4.31. The molecule has 0 unspecified atom stereocenters. The molecule has 0 saturated carbocycles. The Bertz CT molecular complexity index is 700. The van der Waals surface area contributed by atoms with E-state index >= 15 is 0 Å². The molecule has 5 heteroatoms. The molecule has 1 amide bonds. The fraction of sp³-hybridized carbons (Fsp3) is 0.125. The van der Waals surface area contributed by atoms with Crippen molar-refractivity contribution in [1.82, 2.24) is 5.32 Å². The lowest BCUT2D eigenvalue weighted by atomic mass is 10.2. The van der Waals surface area contributed by atoms with Crippen LogP contribution in [-0.2, 0) is 6.42 Å². The van der Waals surface area contributed by atoms with Crippen LogP contribution in [0.5, 0.6) is 0 Å². The van der Waals surface area contributed by atoms with Gasteiger partial charge in [0.2, 0.25) is 0 Å². The molecule has 1 aliphatic heterocycles. The molecule has 2 aromatic carbocycles. The minimum Gasteiger partial charge on any atom is -0.318 e. The summed E-state index contributed by atoms with van der Waals surface area (Å²) in [5.41, 5.74) is 2.93. The summed E-state index contributed by atoms with van der Waals surface area (Å²) in [6, 6.07) is 15.3. The average molecular weight is 361 g/mol. The summed E-state index contributed by atoms with van der Waals surface area (Å²) in [7, 11) is 0. The fourth-order valence-electron chi connectivity index (χ4n) is 2.39. The van der Waals surface area contributed by atoms with Gasteiger partial charge in [-0.3, -0.25) is 10.1 Å². The molecule has 2 aromatic rings. The number of anilines is 1. The van der Waals surface area contributed by atoms with Crippen LogP contribution in [0.25, 0.3) is 0 Å². The van der Waals surface area contributed by atoms with Gasteiger partial charge in [-0.25, -0.2) is 0 Å². The predicted octanol–water partition coefficient (Wildman–Crippen LogP) is 3.53. The van der Waals surface area contributed by atoms with Crippen LogP contribution in [0.2, 0.25) is 0 Å². The first-order chi connectivity index (χ1) is 10.1. The van der Waals surface area contributed by atoms with Gasteiger partial charge in [-0.1, -0.05) is 34.1 Å². The van der Waals surface area contributed by atoms with Crippen molar-refractivity contribution in [3.8, 4) is 0 Å². The van der Waals surface area contributed by atoms with Crippen molar-refractivity contribution < 1.29 is 4.79 Å². The molecule has 0 fully saturated rings. The van der Waals surface area contributed by atoms with Crippen molar-refractivity contribution in [2.75, 3.05) is 11.4 Å². The predicted molar refractivity (Wildman–Crippen MR) is 91.7 cm³/mol. The zero-order chi connectivity index (χ0) is 14.8. The Kier molecular flexibility index (Phi) is 4.03. The molecule has 1 aliphatic rings. The monoisotopic (exact) mass is 360 g/mol. The first-order valence-electron chi connectivity index (χ1n) is 6.61. The van der Waals surface area contributed by atoms with E-state index in [2.05, 4.69) is 27.3 Å². The molecule has 21 heavy (non-hydrogen) atoms. The van der Waals surface area contributed by atoms with E-state index in [1.54, 1.807) is 12.1 Å². The van der Waals surface area contributed by atoms with Crippen molar-refractivity contribution in [2.45, 2.75) is 6.42 Å². The van der Waals surface area contributed by atoms with Gasteiger partial charge in [0.25, 0.3) is 5.91 Å². The Morgan fingerprint density at radius 2 is 1.86 bits per heavy atom. The maximum Gasteiger partial charge on any atom is 0.257 e. The molecule has 0 radical (unpaired) electrons. The number of amides is 1. The summed E-state index contributed by atoms with van der Waals surface area (Å²) in [6.45, 7) is 0.804. The summed E-state index contributed by atoms with van der Waals surface area (Å²) in [4.78, 5) is 14.2. The molecule has 0 aliphatic carbocycles. The van der Waals surface area contributed by atoms with Crippen LogP contribution in [0.4, 0.5) is 5.69 Å². The van der Waals surface area contributed by atoms with E-state index in [9.17, 15) is 4.79 Å². The largest absolute Gasteiger partial charge is 0.318 e. The molecule has 0 saturated heterocycles. The number of nitrogens with zero attached hydrogens (tertiary/aromatic N) is 1. The van der Waals surface area contributed by atoms with E-state index in [0.717, 1.165) is 23.1 Å². The lowest BCUT2D eigenvalue weighted by molar-refractivity contribution is 0.0977. The number of rotatable bonds is 1. The van der Waals surface area contributed by atoms with Gasteiger partial charge in [0.1, 0.15) is 0 Å². The zero-order valence-electron chi connectivity index (χ0n) is 11.2. The zero-order valence-corrected chi connectivity index (χ0v) is 13.6. The van der Waals surface area contributed by atoms with Gasteiger partial charge in [0, 0.05) is 22.3 Å². The minimum absolute atomic E-state index is 0.183. The van der Waals surface area contributed by atoms with Gasteiger partial charge in [-0.15, -0.1) is 0 Å². The second-order valence-corrected chi connectivity index (χ2v) is 6.10. The van der Waals surface area contributed by atoms with Crippen molar-refractivity contribution in [3.05, 3.63) is 64.1 Å². The third kappa shape index (κ3) is 2.99. The van der Waals surface area contributed by atoms with Crippen LogP contribution in [0.1, 0.15) is 15.9 Å². The number of nitrogens with one attached hydrogen (secondary N) is 1. The molecule has 1 N–H and O–H groups in total. The van der Waals surface area contributed by atoms with Gasteiger partial charge < -0.3 is 4.90 Å². The van der Waals surface area contributed by atoms with Crippen LogP contribution in [0, 0.1) is 0 Å². The summed E-state index contributed by atoms with van der Waals surface area (Å²) in [5, 5.41) is 3.25. The van der Waals surface area contributed by atoms with Gasteiger partial charge in [0.15, 0.2) is 5.11 Å². The molecule has 106 valence electrons. The first-order valence-corrected chi connectivity index (χ1v) is 7.81. The van der Waals surface area contributed by atoms with Crippen LogP contribution in [0.15, 0.2) is 53.0 Å². The summed E-state index contributed by atoms with van der Waals surface area (Å²) >= 11 is 8.73. The maximum atomic E-state index is 12.2. The SMILES string of the molecule is O=C(NC(=S)N1CCc2ccccc21)c1ccc(Br)cc1. The van der Waals surface area contributed by atoms with Crippen LogP contribution in [0.3, 0.4) is 0 Å². The highest BCUT2D eigenvalue weighted by Crippen LogP contribution is 2.27. The van der Waals surface area contributed by atoms with Crippen molar-refractivity contribution in [2.24, 2.45) is 0 Å². The number of carbonyl (C=O) groups is 1. The molecular weight excluding hydrogens is 348 g/mol. The first kappa shape index (κ1) is 14.2. The molecule has 0 aromatic heterocycles. The Labute approximate surface area is 137 Å². The second kappa shape index (κ2) is 5.95. The van der Waals surface area contributed by atoms with E-state index in [4.69, 9.17) is 12.2 Å². The highest BCUT2D eigenvalue weighted by molar-refractivity contribution is 9.10. The second-order valence-electron chi connectivity index (χ2n) is 4.80. The Hall–Kier alpha value is -1.72. The molecule has 0 spiro atoms. The number of hydrogen-bond donors (Lipinski definition) is 1. The number of fused-ring (bicyclic) bond motifs is 1. The lowest BCUT2D eigenvalue weighted by Gasteiger charge is -2.20. The number of hydrogen-bond acceptors (Lipinski definition) is 2. The van der Waals surface area contributed by atoms with Gasteiger partial charge in [-0.2, -0.15) is 0 Å². The number of carbonyl (C=O) groups excluding carboxylic acids is 1. The summed E-state index contributed by atoms with van der Waals surface area (Å²) in [5.74, 6) is -0.183. The molecule has 3 nitrogen and oxygen atoms in total. The van der Waals surface area contributed by atoms with Crippen LogP contribution >= 0.6 is 28.1 Å². The highest BCUT2D eigenvalue weighted by atomic mass is 79.9. The smallest absolute Gasteiger partial charge is 0.257 e. The third-order valence-electron chi connectivity index (χ3n) is 3.46. The number of benzene rings is 2. The van der Waals surface area contributed by atoms with E-state index < -0.39 is 0 Å². The van der Waals surface area contributed by atoms with Gasteiger partial charge >= 0.3 is 0 Å². The fourth-order valence-corrected chi connectivity index (χ4v) is 2.93. The van der Waals surface area contributed by atoms with Crippen LogP contribution < -0.4 is 10.2 Å². The molecule has 3 rings (SSSR count). The van der Waals surface area contributed by atoms with E-state index in [0.29, 0.717) is 10.7 Å². The number of halogens is 1. The number of para-hydroxylation sites is 1. The normalized spacial score (nSPS) is 12.9. The molecule has 0 atom stereocenters. The van der Waals surface area contributed by atoms with Crippen LogP contribution in [-0.4, -0.2) is 17.6 Å². The Morgan fingerprint density at radius 3 is 2.62 bits per heavy atom. The van der Waals surface area contributed by atoms with Crippen molar-refractivity contribution in [1.29, 1.82) is 0 Å². The van der Waals surface area contributed by atoms with Gasteiger partial charge in [0.05, 0.1) is 0 Å². The molecule has 1 heterocycles. The topological polar surface area (TPSA) is 32.3 Å². The van der Waals surface area contributed by atoms with E-state index in [1.165, 1.54) is 5.56 Å². The van der Waals surface area contributed by atoms with Crippen molar-refractivity contribution in [3.63, 3.8) is 0 Å². The highest BCUT2D eigenvalue weighted by Gasteiger charge is 2.22. The maximum absolute atomic E-state index is 12.2. The summed E-state index contributed by atoms with van der Waals surface area (Å²) < 4.78 is 0.940.